The first-order chi connectivity index (χ1) is 18.6. The van der Waals surface area contributed by atoms with Crippen molar-refractivity contribution in [2.75, 3.05) is 30.9 Å². The zero-order chi connectivity index (χ0) is 26.3. The molecule has 0 unspecified atom stereocenters. The fraction of sp³-hybridized carbons (Fsp3) is 0.333. The Balaban J connectivity index is 1.11. The second-order valence-corrected chi connectivity index (χ2v) is 11.0. The van der Waals surface area contributed by atoms with E-state index in [1.807, 2.05) is 79.7 Å². The average molecular weight is 527 g/mol. The van der Waals surface area contributed by atoms with Crippen molar-refractivity contribution in [1.29, 1.82) is 0 Å². The molecule has 1 aliphatic carbocycles. The SMILES string of the molecule is CN(C)c1nc(NCCC2CCC(NC(=O)c3cccnc3Sc3ccccc3)CC2)nc2ccccc12. The van der Waals surface area contributed by atoms with Crippen molar-refractivity contribution >= 4 is 40.3 Å². The van der Waals surface area contributed by atoms with Crippen LogP contribution in [0.25, 0.3) is 10.9 Å². The van der Waals surface area contributed by atoms with Crippen molar-refractivity contribution < 1.29 is 4.79 Å². The van der Waals surface area contributed by atoms with E-state index in [0.29, 0.717) is 17.4 Å². The number of hydrogen-bond acceptors (Lipinski definition) is 7. The zero-order valence-corrected chi connectivity index (χ0v) is 22.7. The van der Waals surface area contributed by atoms with E-state index in [9.17, 15) is 4.79 Å². The van der Waals surface area contributed by atoms with Gasteiger partial charge in [0, 0.05) is 43.2 Å². The van der Waals surface area contributed by atoms with Gasteiger partial charge in [-0.15, -0.1) is 0 Å². The lowest BCUT2D eigenvalue weighted by Gasteiger charge is -2.29. The van der Waals surface area contributed by atoms with Gasteiger partial charge >= 0.3 is 0 Å². The summed E-state index contributed by atoms with van der Waals surface area (Å²) in [5.41, 5.74) is 1.59. The molecule has 2 N–H and O–H groups in total. The number of nitrogens with zero attached hydrogens (tertiary/aromatic N) is 4. The van der Waals surface area contributed by atoms with Crippen molar-refractivity contribution in [3.8, 4) is 0 Å². The van der Waals surface area contributed by atoms with Gasteiger partial charge in [-0.25, -0.2) is 9.97 Å². The smallest absolute Gasteiger partial charge is 0.254 e. The normalized spacial score (nSPS) is 17.2. The first kappa shape index (κ1) is 26.0. The van der Waals surface area contributed by atoms with Crippen LogP contribution in [0.15, 0.2) is 82.8 Å². The Hall–Kier alpha value is -3.65. The molecular formula is C30H34N6OS. The maximum atomic E-state index is 13.1. The predicted octanol–water partition coefficient (Wildman–Crippen LogP) is 6.03. The van der Waals surface area contributed by atoms with E-state index < -0.39 is 0 Å². The van der Waals surface area contributed by atoms with Crippen molar-refractivity contribution in [2.45, 2.75) is 48.1 Å². The molecular weight excluding hydrogens is 492 g/mol. The Morgan fingerprint density at radius 2 is 1.71 bits per heavy atom. The van der Waals surface area contributed by atoms with Crippen molar-refractivity contribution in [2.24, 2.45) is 5.92 Å². The fourth-order valence-corrected chi connectivity index (χ4v) is 5.87. The molecule has 1 fully saturated rings. The summed E-state index contributed by atoms with van der Waals surface area (Å²) >= 11 is 1.52. The van der Waals surface area contributed by atoms with Crippen LogP contribution in [0.4, 0.5) is 11.8 Å². The van der Waals surface area contributed by atoms with Gasteiger partial charge in [-0.05, 0) is 74.4 Å². The maximum Gasteiger partial charge on any atom is 0.254 e. The molecule has 5 rings (SSSR count). The Labute approximate surface area is 228 Å². The van der Waals surface area contributed by atoms with E-state index in [-0.39, 0.29) is 11.9 Å². The van der Waals surface area contributed by atoms with Gasteiger partial charge in [0.05, 0.1) is 11.1 Å². The summed E-state index contributed by atoms with van der Waals surface area (Å²) in [5.74, 6) is 2.20. The van der Waals surface area contributed by atoms with E-state index in [2.05, 4.69) is 21.7 Å². The number of fused-ring (bicyclic) bond motifs is 1. The summed E-state index contributed by atoms with van der Waals surface area (Å²) in [4.78, 5) is 30.1. The lowest BCUT2D eigenvalue weighted by atomic mass is 9.84. The molecule has 38 heavy (non-hydrogen) atoms. The van der Waals surface area contributed by atoms with Gasteiger partial charge in [-0.3, -0.25) is 4.79 Å². The second-order valence-electron chi connectivity index (χ2n) is 9.96. The first-order valence-electron chi connectivity index (χ1n) is 13.2. The largest absolute Gasteiger partial charge is 0.362 e. The summed E-state index contributed by atoms with van der Waals surface area (Å²) in [6.45, 7) is 0.836. The van der Waals surface area contributed by atoms with E-state index in [4.69, 9.17) is 9.97 Å². The van der Waals surface area contributed by atoms with Crippen LogP contribution >= 0.6 is 11.8 Å². The number of anilines is 2. The third-order valence-corrected chi connectivity index (χ3v) is 8.02. The van der Waals surface area contributed by atoms with E-state index in [1.165, 1.54) is 11.8 Å². The van der Waals surface area contributed by atoms with Crippen LogP contribution in [0.3, 0.4) is 0 Å². The van der Waals surface area contributed by atoms with Crippen LogP contribution in [0.2, 0.25) is 0 Å². The number of aromatic nitrogens is 3. The van der Waals surface area contributed by atoms with Gasteiger partial charge in [-0.1, -0.05) is 42.1 Å². The Kier molecular flexibility index (Phi) is 8.38. The van der Waals surface area contributed by atoms with Gasteiger partial charge in [0.1, 0.15) is 10.8 Å². The molecule has 0 aliphatic heterocycles. The molecule has 8 heteroatoms. The molecule has 196 valence electrons. The molecule has 1 saturated carbocycles. The lowest BCUT2D eigenvalue weighted by Crippen LogP contribution is -2.38. The topological polar surface area (TPSA) is 83.0 Å². The number of hydrogen-bond donors (Lipinski definition) is 2. The number of rotatable bonds is 9. The third-order valence-electron chi connectivity index (χ3n) is 7.00. The van der Waals surface area contributed by atoms with Crippen molar-refractivity contribution in [3.05, 3.63) is 78.5 Å². The van der Waals surface area contributed by atoms with Crippen LogP contribution in [0.5, 0.6) is 0 Å². The standard InChI is InChI=1S/C30H34N6OS/c1-36(2)27-24-11-6-7-13-26(24)34-30(35-27)32-20-18-21-14-16-22(17-15-21)33-28(37)25-12-8-19-31-29(25)38-23-9-4-3-5-10-23/h3-13,19,21-22H,14-18,20H2,1-2H3,(H,33,37)(H,32,34,35). The summed E-state index contributed by atoms with van der Waals surface area (Å²) in [5, 5.41) is 8.50. The first-order valence-corrected chi connectivity index (χ1v) is 14.0. The molecule has 0 atom stereocenters. The molecule has 0 saturated heterocycles. The Bertz CT molecular complexity index is 1370. The highest BCUT2D eigenvalue weighted by Gasteiger charge is 2.24. The van der Waals surface area contributed by atoms with Crippen LogP contribution in [-0.2, 0) is 0 Å². The number of carbonyl (C=O) groups excluding carboxylic acids is 1. The Morgan fingerprint density at radius 1 is 0.947 bits per heavy atom. The molecule has 0 radical (unpaired) electrons. The zero-order valence-electron chi connectivity index (χ0n) is 21.9. The number of para-hydroxylation sites is 1. The molecule has 2 aromatic carbocycles. The van der Waals surface area contributed by atoms with Gasteiger partial charge in [0.25, 0.3) is 5.91 Å². The van der Waals surface area contributed by atoms with Gasteiger partial charge in [0.15, 0.2) is 0 Å². The quantitative estimate of drug-likeness (QED) is 0.275. The molecule has 2 aromatic heterocycles. The highest BCUT2D eigenvalue weighted by molar-refractivity contribution is 7.99. The molecule has 0 bridgehead atoms. The van der Waals surface area contributed by atoms with E-state index in [0.717, 1.165) is 65.3 Å². The molecule has 1 aliphatic rings. The number of nitrogens with one attached hydrogen (secondary N) is 2. The summed E-state index contributed by atoms with van der Waals surface area (Å²) in [6.07, 6.45) is 7.00. The molecule has 2 heterocycles. The third kappa shape index (κ3) is 6.42. The highest BCUT2D eigenvalue weighted by atomic mass is 32.2. The van der Waals surface area contributed by atoms with Crippen LogP contribution in [0, 0.1) is 5.92 Å². The predicted molar refractivity (Wildman–Crippen MR) is 155 cm³/mol. The lowest BCUT2D eigenvalue weighted by molar-refractivity contribution is 0.0917. The molecule has 7 nitrogen and oxygen atoms in total. The van der Waals surface area contributed by atoms with Crippen LogP contribution < -0.4 is 15.5 Å². The van der Waals surface area contributed by atoms with E-state index >= 15 is 0 Å². The maximum absolute atomic E-state index is 13.1. The Morgan fingerprint density at radius 3 is 2.50 bits per heavy atom. The average Bonchev–Trinajstić information content (AvgIpc) is 2.94. The fourth-order valence-electron chi connectivity index (χ4n) is 4.97. The van der Waals surface area contributed by atoms with E-state index in [1.54, 1.807) is 6.20 Å². The minimum Gasteiger partial charge on any atom is -0.362 e. The molecule has 4 aromatic rings. The number of amides is 1. The van der Waals surface area contributed by atoms with Gasteiger partial charge < -0.3 is 15.5 Å². The minimum absolute atomic E-state index is 0.0354. The number of pyridine rings is 1. The number of benzene rings is 2. The highest BCUT2D eigenvalue weighted by Crippen LogP contribution is 2.30. The number of carbonyl (C=O) groups is 1. The molecule has 0 spiro atoms. The summed E-state index contributed by atoms with van der Waals surface area (Å²) in [7, 11) is 4.01. The summed E-state index contributed by atoms with van der Waals surface area (Å²) < 4.78 is 0. The minimum atomic E-state index is -0.0354. The van der Waals surface area contributed by atoms with Crippen molar-refractivity contribution in [3.63, 3.8) is 0 Å². The van der Waals surface area contributed by atoms with Crippen LogP contribution in [-0.4, -0.2) is 47.5 Å². The molecule has 1 amide bonds. The van der Waals surface area contributed by atoms with Crippen molar-refractivity contribution in [1.82, 2.24) is 20.3 Å². The second kappa shape index (κ2) is 12.3. The monoisotopic (exact) mass is 526 g/mol. The van der Waals surface area contributed by atoms with Gasteiger partial charge in [0.2, 0.25) is 5.95 Å². The van der Waals surface area contributed by atoms with Crippen LogP contribution in [0.1, 0.15) is 42.5 Å². The summed E-state index contributed by atoms with van der Waals surface area (Å²) in [6, 6.07) is 22.0. The van der Waals surface area contributed by atoms with Gasteiger partial charge in [-0.2, -0.15) is 4.98 Å².